The standard InChI is InChI=1S/C25H21FN2O2/c26-20-13-15-21(16-14-20)27-25(29)24(19-10-5-2-6-11-19)28-23(22-12-7-17-30-22)18-8-3-1-4-9-18/h1-17,23-24,28H,(H,27,29)/p+1/t23-,24+/m0/s1. The van der Waals surface area contributed by atoms with E-state index in [1.165, 1.54) is 12.1 Å². The van der Waals surface area contributed by atoms with Gasteiger partial charge in [-0.2, -0.15) is 0 Å². The summed E-state index contributed by atoms with van der Waals surface area (Å²) in [6.07, 6.45) is 1.63. The van der Waals surface area contributed by atoms with Crippen LogP contribution in [0.5, 0.6) is 0 Å². The van der Waals surface area contributed by atoms with Gasteiger partial charge < -0.3 is 15.1 Å². The average molecular weight is 401 g/mol. The first kappa shape index (κ1) is 19.6. The Morgan fingerprint density at radius 3 is 2.03 bits per heavy atom. The van der Waals surface area contributed by atoms with Crippen LogP contribution in [0.15, 0.2) is 108 Å². The Kier molecular flexibility index (Phi) is 6.01. The Morgan fingerprint density at radius 2 is 1.43 bits per heavy atom. The van der Waals surface area contributed by atoms with E-state index in [2.05, 4.69) is 5.32 Å². The maximum Gasteiger partial charge on any atom is 0.287 e. The van der Waals surface area contributed by atoms with Crippen molar-refractivity contribution in [3.8, 4) is 0 Å². The minimum Gasteiger partial charge on any atom is -0.463 e. The molecular weight excluding hydrogens is 379 g/mol. The minimum atomic E-state index is -0.536. The SMILES string of the molecule is O=C(Nc1ccc(F)cc1)[C@H]([NH2+][C@@H](c1ccccc1)c1ccco1)c1ccccc1. The van der Waals surface area contributed by atoms with Crippen LogP contribution in [0, 0.1) is 5.82 Å². The van der Waals surface area contributed by atoms with Gasteiger partial charge in [0.05, 0.1) is 6.26 Å². The molecule has 0 unspecified atom stereocenters. The van der Waals surface area contributed by atoms with Gasteiger partial charge in [-0.15, -0.1) is 0 Å². The van der Waals surface area contributed by atoms with E-state index in [-0.39, 0.29) is 17.8 Å². The second-order valence-corrected chi connectivity index (χ2v) is 6.98. The molecule has 0 saturated heterocycles. The van der Waals surface area contributed by atoms with E-state index in [1.807, 2.05) is 78.1 Å². The van der Waals surface area contributed by atoms with E-state index in [4.69, 9.17) is 4.42 Å². The first-order chi connectivity index (χ1) is 14.7. The Morgan fingerprint density at radius 1 is 0.800 bits per heavy atom. The number of carbonyl (C=O) groups excluding carboxylic acids is 1. The summed E-state index contributed by atoms with van der Waals surface area (Å²) in [5.74, 6) is 0.221. The lowest BCUT2D eigenvalue weighted by Crippen LogP contribution is -2.88. The quantitative estimate of drug-likeness (QED) is 0.481. The lowest BCUT2D eigenvalue weighted by atomic mass is 10.00. The number of hydrogen-bond acceptors (Lipinski definition) is 2. The summed E-state index contributed by atoms with van der Waals surface area (Å²) in [4.78, 5) is 13.3. The molecule has 0 saturated carbocycles. The number of halogens is 1. The molecule has 150 valence electrons. The van der Waals surface area contributed by atoms with Crippen molar-refractivity contribution in [3.63, 3.8) is 0 Å². The summed E-state index contributed by atoms with van der Waals surface area (Å²) in [6, 6.07) is 28.3. The fourth-order valence-corrected chi connectivity index (χ4v) is 3.45. The molecule has 1 heterocycles. The topological polar surface area (TPSA) is 58.9 Å². The average Bonchev–Trinajstić information content (AvgIpc) is 3.32. The Balaban J connectivity index is 1.66. The van der Waals surface area contributed by atoms with Crippen LogP contribution in [-0.4, -0.2) is 5.91 Å². The number of carbonyl (C=O) groups is 1. The number of anilines is 1. The number of hydrogen-bond donors (Lipinski definition) is 2. The normalized spacial score (nSPS) is 12.8. The molecule has 3 N–H and O–H groups in total. The van der Waals surface area contributed by atoms with Crippen LogP contribution in [0.2, 0.25) is 0 Å². The molecule has 1 aromatic heterocycles. The van der Waals surface area contributed by atoms with Crippen molar-refractivity contribution in [2.75, 3.05) is 5.32 Å². The van der Waals surface area contributed by atoms with E-state index in [0.717, 1.165) is 16.9 Å². The number of quaternary nitrogens is 1. The van der Waals surface area contributed by atoms with Crippen molar-refractivity contribution in [1.82, 2.24) is 0 Å². The van der Waals surface area contributed by atoms with Gasteiger partial charge in [-0.25, -0.2) is 4.39 Å². The number of benzene rings is 3. The highest BCUT2D eigenvalue weighted by molar-refractivity contribution is 5.94. The Labute approximate surface area is 174 Å². The number of nitrogens with one attached hydrogen (secondary N) is 1. The molecular formula is C25H22FN2O2+. The van der Waals surface area contributed by atoms with E-state index in [0.29, 0.717) is 5.69 Å². The van der Waals surface area contributed by atoms with Gasteiger partial charge in [0, 0.05) is 16.8 Å². The van der Waals surface area contributed by atoms with Crippen LogP contribution in [0.1, 0.15) is 29.0 Å². The molecule has 0 aliphatic heterocycles. The molecule has 0 spiro atoms. The van der Waals surface area contributed by atoms with Crippen LogP contribution in [0.4, 0.5) is 10.1 Å². The van der Waals surface area contributed by atoms with E-state index < -0.39 is 6.04 Å². The van der Waals surface area contributed by atoms with Gasteiger partial charge in [-0.05, 0) is 36.4 Å². The molecule has 0 aliphatic carbocycles. The first-order valence-corrected chi connectivity index (χ1v) is 9.75. The zero-order valence-electron chi connectivity index (χ0n) is 16.2. The maximum atomic E-state index is 13.3. The fraction of sp³-hybridized carbons (Fsp3) is 0.0800. The fourth-order valence-electron chi connectivity index (χ4n) is 3.45. The molecule has 4 nitrogen and oxygen atoms in total. The Bertz CT molecular complexity index is 1070. The molecule has 0 aliphatic rings. The molecule has 2 atom stereocenters. The zero-order chi connectivity index (χ0) is 20.8. The van der Waals surface area contributed by atoms with E-state index in [9.17, 15) is 9.18 Å². The monoisotopic (exact) mass is 401 g/mol. The van der Waals surface area contributed by atoms with Crippen LogP contribution >= 0.6 is 0 Å². The number of nitrogens with two attached hydrogens (primary N) is 1. The van der Waals surface area contributed by atoms with E-state index >= 15 is 0 Å². The second-order valence-electron chi connectivity index (χ2n) is 6.98. The van der Waals surface area contributed by atoms with Crippen molar-refractivity contribution >= 4 is 11.6 Å². The lowest BCUT2D eigenvalue weighted by Gasteiger charge is -2.22. The molecule has 0 radical (unpaired) electrons. The van der Waals surface area contributed by atoms with Crippen LogP contribution in [0.25, 0.3) is 0 Å². The third kappa shape index (κ3) is 4.64. The smallest absolute Gasteiger partial charge is 0.287 e. The van der Waals surface area contributed by atoms with Gasteiger partial charge in [0.25, 0.3) is 5.91 Å². The van der Waals surface area contributed by atoms with Gasteiger partial charge in [0.2, 0.25) is 0 Å². The predicted octanol–water partition coefficient (Wildman–Crippen LogP) is 4.45. The summed E-state index contributed by atoms with van der Waals surface area (Å²) in [5.41, 5.74) is 2.44. The highest BCUT2D eigenvalue weighted by Crippen LogP contribution is 2.21. The van der Waals surface area contributed by atoms with E-state index in [1.54, 1.807) is 18.4 Å². The van der Waals surface area contributed by atoms with Gasteiger partial charge >= 0.3 is 0 Å². The molecule has 4 aromatic rings. The Hall–Kier alpha value is -3.70. The number of rotatable bonds is 7. The summed E-state index contributed by atoms with van der Waals surface area (Å²) in [7, 11) is 0. The molecule has 3 aromatic carbocycles. The summed E-state index contributed by atoms with van der Waals surface area (Å²) in [5, 5.41) is 4.89. The first-order valence-electron chi connectivity index (χ1n) is 9.75. The third-order valence-electron chi connectivity index (χ3n) is 4.95. The van der Waals surface area contributed by atoms with Crippen LogP contribution < -0.4 is 10.6 Å². The molecule has 0 fully saturated rings. The molecule has 0 bridgehead atoms. The summed E-state index contributed by atoms with van der Waals surface area (Å²) >= 11 is 0. The van der Waals surface area contributed by atoms with Crippen molar-refractivity contribution in [1.29, 1.82) is 0 Å². The van der Waals surface area contributed by atoms with Crippen molar-refractivity contribution < 1.29 is 18.9 Å². The van der Waals surface area contributed by atoms with Crippen LogP contribution in [0.3, 0.4) is 0 Å². The number of furan rings is 1. The van der Waals surface area contributed by atoms with Gasteiger partial charge in [-0.1, -0.05) is 60.7 Å². The summed E-state index contributed by atoms with van der Waals surface area (Å²) in [6.45, 7) is 0. The van der Waals surface area contributed by atoms with Gasteiger partial charge in [0.1, 0.15) is 5.82 Å². The highest BCUT2D eigenvalue weighted by Gasteiger charge is 2.31. The molecule has 5 heteroatoms. The maximum absolute atomic E-state index is 13.3. The largest absolute Gasteiger partial charge is 0.463 e. The molecule has 4 rings (SSSR count). The third-order valence-corrected chi connectivity index (χ3v) is 4.95. The van der Waals surface area contributed by atoms with Crippen molar-refractivity contribution in [2.24, 2.45) is 0 Å². The minimum absolute atomic E-state index is 0.194. The lowest BCUT2D eigenvalue weighted by molar-refractivity contribution is -0.715. The van der Waals surface area contributed by atoms with Gasteiger partial charge in [-0.3, -0.25) is 4.79 Å². The summed E-state index contributed by atoms with van der Waals surface area (Å²) < 4.78 is 18.9. The molecule has 1 amide bonds. The van der Waals surface area contributed by atoms with Crippen LogP contribution in [-0.2, 0) is 4.79 Å². The van der Waals surface area contributed by atoms with Crippen molar-refractivity contribution in [3.05, 3.63) is 126 Å². The molecule has 30 heavy (non-hydrogen) atoms. The van der Waals surface area contributed by atoms with Crippen molar-refractivity contribution in [2.45, 2.75) is 12.1 Å². The second kappa shape index (κ2) is 9.20. The zero-order valence-corrected chi connectivity index (χ0v) is 16.2. The van der Waals surface area contributed by atoms with Gasteiger partial charge in [0.15, 0.2) is 17.8 Å². The predicted molar refractivity (Wildman–Crippen MR) is 113 cm³/mol. The highest BCUT2D eigenvalue weighted by atomic mass is 19.1. The number of amides is 1.